The number of amides is 1. The van der Waals surface area contributed by atoms with E-state index in [2.05, 4.69) is 26.4 Å². The van der Waals surface area contributed by atoms with Gasteiger partial charge in [0, 0.05) is 4.47 Å². The van der Waals surface area contributed by atoms with Crippen LogP contribution in [0.3, 0.4) is 0 Å². The summed E-state index contributed by atoms with van der Waals surface area (Å²) in [6.45, 7) is 3.46. The standard InChI is InChI=1S/C19H15BrClFN2O2/c1-10(12-6-8-13(20)9-7-12)23-19(25)16-11(2)26-24-18(16)17-14(21)4-3-5-15(17)22/h3-10H,1-2H3,(H,23,25). The Balaban J connectivity index is 1.93. The van der Waals surface area contributed by atoms with Gasteiger partial charge >= 0.3 is 0 Å². The third kappa shape index (κ3) is 3.66. The third-order valence-electron chi connectivity index (χ3n) is 4.01. The van der Waals surface area contributed by atoms with Crippen molar-refractivity contribution in [1.29, 1.82) is 0 Å². The minimum absolute atomic E-state index is 0.0486. The molecular formula is C19H15BrClFN2O2. The van der Waals surface area contributed by atoms with E-state index in [9.17, 15) is 9.18 Å². The Morgan fingerprint density at radius 3 is 2.62 bits per heavy atom. The molecule has 7 heteroatoms. The number of aryl methyl sites for hydroxylation is 1. The lowest BCUT2D eigenvalue weighted by Crippen LogP contribution is -2.27. The van der Waals surface area contributed by atoms with Gasteiger partial charge in [-0.3, -0.25) is 4.79 Å². The maximum absolute atomic E-state index is 14.3. The summed E-state index contributed by atoms with van der Waals surface area (Å²) in [6, 6.07) is 11.6. The van der Waals surface area contributed by atoms with Crippen molar-refractivity contribution in [3.8, 4) is 11.3 Å². The van der Waals surface area contributed by atoms with Crippen molar-refractivity contribution in [2.75, 3.05) is 0 Å². The minimum Gasteiger partial charge on any atom is -0.360 e. The van der Waals surface area contributed by atoms with E-state index in [4.69, 9.17) is 16.1 Å². The monoisotopic (exact) mass is 436 g/mol. The van der Waals surface area contributed by atoms with Crippen molar-refractivity contribution in [2.45, 2.75) is 19.9 Å². The van der Waals surface area contributed by atoms with Gasteiger partial charge in [0.05, 0.1) is 16.6 Å². The molecule has 0 saturated heterocycles. The highest BCUT2D eigenvalue weighted by molar-refractivity contribution is 9.10. The molecule has 0 bridgehead atoms. The largest absolute Gasteiger partial charge is 0.360 e. The lowest BCUT2D eigenvalue weighted by Gasteiger charge is -2.15. The maximum Gasteiger partial charge on any atom is 0.257 e. The molecule has 3 aromatic rings. The summed E-state index contributed by atoms with van der Waals surface area (Å²) in [6.07, 6.45) is 0. The Morgan fingerprint density at radius 1 is 1.27 bits per heavy atom. The van der Waals surface area contributed by atoms with Crippen LogP contribution in [0.15, 0.2) is 51.5 Å². The molecule has 1 aromatic heterocycles. The van der Waals surface area contributed by atoms with Gasteiger partial charge in [0.1, 0.15) is 22.8 Å². The molecule has 1 unspecified atom stereocenters. The molecule has 1 N–H and O–H groups in total. The quantitative estimate of drug-likeness (QED) is 0.570. The maximum atomic E-state index is 14.3. The van der Waals surface area contributed by atoms with Crippen molar-refractivity contribution < 1.29 is 13.7 Å². The number of hydrogen-bond donors (Lipinski definition) is 1. The van der Waals surface area contributed by atoms with E-state index in [1.165, 1.54) is 18.2 Å². The van der Waals surface area contributed by atoms with Crippen LogP contribution in [0.4, 0.5) is 4.39 Å². The van der Waals surface area contributed by atoms with Crippen LogP contribution in [0.1, 0.15) is 34.6 Å². The zero-order chi connectivity index (χ0) is 18.8. The Morgan fingerprint density at radius 2 is 1.96 bits per heavy atom. The van der Waals surface area contributed by atoms with Gasteiger partial charge in [0.25, 0.3) is 5.91 Å². The number of halogens is 3. The van der Waals surface area contributed by atoms with Gasteiger partial charge in [-0.1, -0.05) is 50.9 Å². The van der Waals surface area contributed by atoms with E-state index >= 15 is 0 Å². The highest BCUT2D eigenvalue weighted by Crippen LogP contribution is 2.33. The van der Waals surface area contributed by atoms with Crippen LogP contribution in [0.5, 0.6) is 0 Å². The van der Waals surface area contributed by atoms with Crippen molar-refractivity contribution in [1.82, 2.24) is 10.5 Å². The molecule has 0 spiro atoms. The molecule has 0 fully saturated rings. The van der Waals surface area contributed by atoms with E-state index < -0.39 is 11.7 Å². The molecule has 0 aliphatic carbocycles. The summed E-state index contributed by atoms with van der Waals surface area (Å²) in [5.74, 6) is -0.686. The smallest absolute Gasteiger partial charge is 0.257 e. The van der Waals surface area contributed by atoms with Crippen molar-refractivity contribution in [2.24, 2.45) is 0 Å². The molecular weight excluding hydrogens is 423 g/mol. The number of benzene rings is 2. The molecule has 3 rings (SSSR count). The molecule has 0 saturated carbocycles. The molecule has 0 aliphatic heterocycles. The highest BCUT2D eigenvalue weighted by atomic mass is 79.9. The molecule has 0 aliphatic rings. The van der Waals surface area contributed by atoms with Crippen LogP contribution in [0.2, 0.25) is 5.02 Å². The number of nitrogens with one attached hydrogen (secondary N) is 1. The Hall–Kier alpha value is -2.18. The number of carbonyl (C=O) groups excluding carboxylic acids is 1. The Kier molecular flexibility index (Phi) is 5.44. The summed E-state index contributed by atoms with van der Waals surface area (Å²) in [5, 5.41) is 6.90. The Labute approximate surface area is 163 Å². The second kappa shape index (κ2) is 7.60. The first-order valence-electron chi connectivity index (χ1n) is 7.85. The first kappa shape index (κ1) is 18.6. The van der Waals surface area contributed by atoms with Gasteiger partial charge in [0.2, 0.25) is 0 Å². The summed E-state index contributed by atoms with van der Waals surface area (Å²) >= 11 is 9.49. The molecule has 2 aromatic carbocycles. The predicted molar refractivity (Wildman–Crippen MR) is 102 cm³/mol. The number of nitrogens with zero attached hydrogens (tertiary/aromatic N) is 1. The molecule has 1 heterocycles. The third-order valence-corrected chi connectivity index (χ3v) is 4.85. The van der Waals surface area contributed by atoms with Crippen molar-refractivity contribution in [3.05, 3.63) is 74.7 Å². The van der Waals surface area contributed by atoms with Gasteiger partial charge in [-0.2, -0.15) is 0 Å². The van der Waals surface area contributed by atoms with E-state index in [-0.39, 0.29) is 27.9 Å². The van der Waals surface area contributed by atoms with Gasteiger partial charge in [-0.25, -0.2) is 4.39 Å². The topological polar surface area (TPSA) is 55.1 Å². The summed E-state index contributed by atoms with van der Waals surface area (Å²) in [4.78, 5) is 12.8. The van der Waals surface area contributed by atoms with Crippen LogP contribution in [-0.2, 0) is 0 Å². The lowest BCUT2D eigenvalue weighted by atomic mass is 10.0. The molecule has 1 amide bonds. The predicted octanol–water partition coefficient (Wildman–Crippen LogP) is 5.70. The molecule has 1 atom stereocenters. The number of carbonyl (C=O) groups is 1. The van der Waals surface area contributed by atoms with Crippen LogP contribution >= 0.6 is 27.5 Å². The van der Waals surface area contributed by atoms with Gasteiger partial charge in [-0.05, 0) is 43.7 Å². The average Bonchev–Trinajstić information content (AvgIpc) is 2.96. The SMILES string of the molecule is Cc1onc(-c2c(F)cccc2Cl)c1C(=O)NC(C)c1ccc(Br)cc1. The van der Waals surface area contributed by atoms with E-state index in [1.807, 2.05) is 31.2 Å². The average molecular weight is 438 g/mol. The highest BCUT2D eigenvalue weighted by Gasteiger charge is 2.26. The van der Waals surface area contributed by atoms with Crippen LogP contribution in [0.25, 0.3) is 11.3 Å². The second-order valence-corrected chi connectivity index (χ2v) is 7.13. The number of aromatic nitrogens is 1. The van der Waals surface area contributed by atoms with E-state index in [1.54, 1.807) is 6.92 Å². The molecule has 26 heavy (non-hydrogen) atoms. The molecule has 134 valence electrons. The Bertz CT molecular complexity index is 936. The summed E-state index contributed by atoms with van der Waals surface area (Å²) < 4.78 is 20.3. The van der Waals surface area contributed by atoms with Crippen molar-refractivity contribution in [3.63, 3.8) is 0 Å². The van der Waals surface area contributed by atoms with Crippen LogP contribution in [0, 0.1) is 12.7 Å². The molecule has 0 radical (unpaired) electrons. The zero-order valence-electron chi connectivity index (χ0n) is 14.0. The molecule has 4 nitrogen and oxygen atoms in total. The normalized spacial score (nSPS) is 12.0. The van der Waals surface area contributed by atoms with E-state index in [0.29, 0.717) is 5.76 Å². The fourth-order valence-corrected chi connectivity index (χ4v) is 3.15. The van der Waals surface area contributed by atoms with Gasteiger partial charge in [-0.15, -0.1) is 0 Å². The van der Waals surface area contributed by atoms with Crippen LogP contribution < -0.4 is 5.32 Å². The first-order valence-corrected chi connectivity index (χ1v) is 9.02. The fourth-order valence-electron chi connectivity index (χ4n) is 2.64. The lowest BCUT2D eigenvalue weighted by molar-refractivity contribution is 0.0939. The number of hydrogen-bond acceptors (Lipinski definition) is 3. The second-order valence-electron chi connectivity index (χ2n) is 5.81. The van der Waals surface area contributed by atoms with Crippen molar-refractivity contribution >= 4 is 33.4 Å². The first-order chi connectivity index (χ1) is 12.4. The summed E-state index contributed by atoms with van der Waals surface area (Å²) in [5.41, 5.74) is 1.24. The van der Waals surface area contributed by atoms with E-state index in [0.717, 1.165) is 10.0 Å². The van der Waals surface area contributed by atoms with Gasteiger partial charge < -0.3 is 9.84 Å². The van der Waals surface area contributed by atoms with Crippen LogP contribution in [-0.4, -0.2) is 11.1 Å². The fraction of sp³-hybridized carbons (Fsp3) is 0.158. The zero-order valence-corrected chi connectivity index (χ0v) is 16.4. The number of rotatable bonds is 4. The summed E-state index contributed by atoms with van der Waals surface area (Å²) in [7, 11) is 0. The van der Waals surface area contributed by atoms with Gasteiger partial charge in [0.15, 0.2) is 0 Å². The minimum atomic E-state index is -0.569.